The predicted octanol–water partition coefficient (Wildman–Crippen LogP) is 5.33. The smallest absolute Gasteiger partial charge is 0.263 e. The molecule has 30 heavy (non-hydrogen) atoms. The van der Waals surface area contributed by atoms with E-state index in [-0.39, 0.29) is 17.2 Å². The molecule has 0 bridgehead atoms. The topological polar surface area (TPSA) is 64.0 Å². The summed E-state index contributed by atoms with van der Waals surface area (Å²) in [6.45, 7) is 4.06. The Morgan fingerprint density at radius 1 is 1.23 bits per heavy atom. The number of carbonyl (C=O) groups is 1. The fourth-order valence-corrected chi connectivity index (χ4v) is 5.88. The number of rotatable bonds is 6. The number of carbonyl (C=O) groups excluding carboxylic acids is 1. The van der Waals surface area contributed by atoms with Gasteiger partial charge in [0.05, 0.1) is 11.1 Å². The van der Waals surface area contributed by atoms with Crippen LogP contribution in [0.5, 0.6) is 0 Å². The van der Waals surface area contributed by atoms with Gasteiger partial charge in [-0.1, -0.05) is 43.0 Å². The van der Waals surface area contributed by atoms with Crippen LogP contribution in [0, 0.1) is 6.92 Å². The summed E-state index contributed by atoms with van der Waals surface area (Å²) >= 11 is 4.35. The molecule has 3 heterocycles. The van der Waals surface area contributed by atoms with E-state index in [1.807, 2.05) is 48.0 Å². The van der Waals surface area contributed by atoms with Crippen LogP contribution in [0.4, 0.5) is 5.69 Å². The number of thiophene rings is 2. The highest BCUT2D eigenvalue weighted by Crippen LogP contribution is 2.34. The van der Waals surface area contributed by atoms with Crippen LogP contribution in [0.15, 0.2) is 51.0 Å². The maximum Gasteiger partial charge on any atom is 0.263 e. The SMILES string of the molecule is CCc1cccc(C)c1NC(=O)CSc1nc2scc(-c3cccs3)c2c(=O)n1C. The second-order valence-electron chi connectivity index (χ2n) is 6.86. The second kappa shape index (κ2) is 8.75. The van der Waals surface area contributed by atoms with Gasteiger partial charge in [0.25, 0.3) is 5.56 Å². The molecule has 0 aliphatic rings. The van der Waals surface area contributed by atoms with Crippen LogP contribution < -0.4 is 10.9 Å². The van der Waals surface area contributed by atoms with Crippen molar-refractivity contribution in [3.8, 4) is 10.4 Å². The molecule has 0 unspecified atom stereocenters. The van der Waals surface area contributed by atoms with Gasteiger partial charge in [-0.3, -0.25) is 14.2 Å². The first-order chi connectivity index (χ1) is 14.5. The minimum atomic E-state index is -0.108. The highest BCUT2D eigenvalue weighted by Gasteiger charge is 2.17. The van der Waals surface area contributed by atoms with Crippen LogP contribution in [-0.4, -0.2) is 21.2 Å². The zero-order valence-electron chi connectivity index (χ0n) is 16.9. The number of para-hydroxylation sites is 1. The Bertz CT molecular complexity index is 1270. The molecule has 1 aromatic carbocycles. The zero-order chi connectivity index (χ0) is 21.3. The number of aromatic nitrogens is 2. The van der Waals surface area contributed by atoms with E-state index in [2.05, 4.69) is 17.2 Å². The van der Waals surface area contributed by atoms with Crippen molar-refractivity contribution in [3.05, 3.63) is 62.6 Å². The number of hydrogen-bond donors (Lipinski definition) is 1. The fraction of sp³-hybridized carbons (Fsp3) is 0.227. The van der Waals surface area contributed by atoms with E-state index in [4.69, 9.17) is 0 Å². The highest BCUT2D eigenvalue weighted by atomic mass is 32.2. The summed E-state index contributed by atoms with van der Waals surface area (Å²) in [7, 11) is 1.71. The number of aryl methyl sites for hydroxylation is 2. The van der Waals surface area contributed by atoms with Crippen LogP contribution in [0.2, 0.25) is 0 Å². The van der Waals surface area contributed by atoms with Gasteiger partial charge < -0.3 is 5.32 Å². The van der Waals surface area contributed by atoms with Gasteiger partial charge >= 0.3 is 0 Å². The highest BCUT2D eigenvalue weighted by molar-refractivity contribution is 7.99. The van der Waals surface area contributed by atoms with Gasteiger partial charge in [0.1, 0.15) is 4.83 Å². The molecule has 4 aromatic rings. The van der Waals surface area contributed by atoms with Crippen molar-refractivity contribution >= 4 is 56.2 Å². The first kappa shape index (κ1) is 20.8. The van der Waals surface area contributed by atoms with Gasteiger partial charge in [0, 0.05) is 28.6 Å². The number of hydrogen-bond acceptors (Lipinski definition) is 6. The van der Waals surface area contributed by atoms with E-state index in [9.17, 15) is 9.59 Å². The minimum Gasteiger partial charge on any atom is -0.325 e. The van der Waals surface area contributed by atoms with E-state index in [1.54, 1.807) is 18.4 Å². The Labute approximate surface area is 186 Å². The van der Waals surface area contributed by atoms with Gasteiger partial charge in [-0.05, 0) is 35.9 Å². The summed E-state index contributed by atoms with van der Waals surface area (Å²) in [5.74, 6) is 0.0793. The monoisotopic (exact) mass is 455 g/mol. The molecule has 0 radical (unpaired) electrons. The van der Waals surface area contributed by atoms with Gasteiger partial charge in [-0.15, -0.1) is 22.7 Å². The summed E-state index contributed by atoms with van der Waals surface area (Å²) in [5.41, 5.74) is 3.87. The van der Waals surface area contributed by atoms with Crippen molar-refractivity contribution in [2.45, 2.75) is 25.4 Å². The predicted molar refractivity (Wildman–Crippen MR) is 128 cm³/mol. The van der Waals surface area contributed by atoms with Gasteiger partial charge in [0.2, 0.25) is 5.91 Å². The van der Waals surface area contributed by atoms with E-state index < -0.39 is 0 Å². The van der Waals surface area contributed by atoms with Crippen molar-refractivity contribution < 1.29 is 4.79 Å². The Hall–Kier alpha value is -2.42. The molecule has 0 spiro atoms. The number of nitrogens with one attached hydrogen (secondary N) is 1. The number of benzene rings is 1. The molecule has 5 nitrogen and oxygen atoms in total. The lowest BCUT2D eigenvalue weighted by Gasteiger charge is -2.13. The lowest BCUT2D eigenvalue weighted by atomic mass is 10.1. The molecule has 1 N–H and O–H groups in total. The van der Waals surface area contributed by atoms with Crippen molar-refractivity contribution in [1.82, 2.24) is 9.55 Å². The van der Waals surface area contributed by atoms with Crippen molar-refractivity contribution in [3.63, 3.8) is 0 Å². The number of amides is 1. The Balaban J connectivity index is 1.56. The molecular weight excluding hydrogens is 434 g/mol. The summed E-state index contributed by atoms with van der Waals surface area (Å²) in [6, 6.07) is 10.00. The van der Waals surface area contributed by atoms with Crippen LogP contribution in [0.3, 0.4) is 0 Å². The van der Waals surface area contributed by atoms with E-state index >= 15 is 0 Å². The van der Waals surface area contributed by atoms with Crippen molar-refractivity contribution in [2.24, 2.45) is 7.05 Å². The average Bonchev–Trinajstić information content (AvgIpc) is 3.40. The van der Waals surface area contributed by atoms with E-state index in [0.29, 0.717) is 15.4 Å². The lowest BCUT2D eigenvalue weighted by Crippen LogP contribution is -2.21. The summed E-state index contributed by atoms with van der Waals surface area (Å²) < 4.78 is 1.54. The molecule has 3 aromatic heterocycles. The Morgan fingerprint density at radius 3 is 2.80 bits per heavy atom. The largest absolute Gasteiger partial charge is 0.325 e. The van der Waals surface area contributed by atoms with Crippen molar-refractivity contribution in [2.75, 3.05) is 11.1 Å². The molecule has 4 rings (SSSR count). The maximum absolute atomic E-state index is 13.0. The Morgan fingerprint density at radius 2 is 2.07 bits per heavy atom. The van der Waals surface area contributed by atoms with Gasteiger partial charge in [-0.25, -0.2) is 4.98 Å². The van der Waals surface area contributed by atoms with Crippen molar-refractivity contribution in [1.29, 1.82) is 0 Å². The van der Waals surface area contributed by atoms with E-state index in [0.717, 1.165) is 33.7 Å². The summed E-state index contributed by atoms with van der Waals surface area (Å²) in [6.07, 6.45) is 0.849. The first-order valence-electron chi connectivity index (χ1n) is 9.52. The third kappa shape index (κ3) is 3.95. The zero-order valence-corrected chi connectivity index (χ0v) is 19.3. The fourth-order valence-electron chi connectivity index (χ4n) is 3.30. The third-order valence-electron chi connectivity index (χ3n) is 4.90. The molecule has 154 valence electrons. The second-order valence-corrected chi connectivity index (χ2v) is 9.61. The molecule has 1 amide bonds. The van der Waals surface area contributed by atoms with Crippen LogP contribution in [0.1, 0.15) is 18.1 Å². The van der Waals surface area contributed by atoms with Gasteiger partial charge in [-0.2, -0.15) is 0 Å². The number of thioether (sulfide) groups is 1. The molecule has 0 fully saturated rings. The molecule has 0 atom stereocenters. The number of nitrogens with zero attached hydrogens (tertiary/aromatic N) is 2. The third-order valence-corrected chi connectivity index (χ3v) is 7.70. The molecular formula is C22H21N3O2S3. The standard InChI is InChI=1S/C22H21N3O2S3/c1-4-14-8-5-7-13(2)19(14)23-17(26)12-30-22-24-20-18(21(27)25(22)3)15(11-29-20)16-9-6-10-28-16/h5-11H,4,12H2,1-3H3,(H,23,26). The van der Waals surface area contributed by atoms with E-state index in [1.165, 1.54) is 27.7 Å². The molecule has 0 saturated carbocycles. The van der Waals surface area contributed by atoms with Crippen LogP contribution in [-0.2, 0) is 18.3 Å². The Kier molecular flexibility index (Phi) is 6.08. The summed E-state index contributed by atoms with van der Waals surface area (Å²) in [5, 5.41) is 8.19. The first-order valence-corrected chi connectivity index (χ1v) is 12.3. The molecule has 0 aliphatic heterocycles. The van der Waals surface area contributed by atoms with Gasteiger partial charge in [0.15, 0.2) is 5.16 Å². The minimum absolute atomic E-state index is 0.0836. The maximum atomic E-state index is 13.0. The number of anilines is 1. The van der Waals surface area contributed by atoms with Crippen LogP contribution in [0.25, 0.3) is 20.7 Å². The average molecular weight is 456 g/mol. The summed E-state index contributed by atoms with van der Waals surface area (Å²) in [4.78, 5) is 32.0. The molecule has 0 aliphatic carbocycles. The quantitative estimate of drug-likeness (QED) is 0.315. The molecule has 0 saturated heterocycles. The normalized spacial score (nSPS) is 11.2. The molecule has 8 heteroatoms. The lowest BCUT2D eigenvalue weighted by molar-refractivity contribution is -0.113. The van der Waals surface area contributed by atoms with Crippen LogP contribution >= 0.6 is 34.4 Å². The number of fused-ring (bicyclic) bond motifs is 1.